The Morgan fingerprint density at radius 1 is 1.16 bits per heavy atom. The zero-order valence-corrected chi connectivity index (χ0v) is 16.5. The first-order valence-electron chi connectivity index (χ1n) is 9.27. The van der Waals surface area contributed by atoms with Gasteiger partial charge in [-0.1, -0.05) is 13.8 Å². The number of rotatable bonds is 8. The first kappa shape index (κ1) is 19.9. The van der Waals surface area contributed by atoms with Gasteiger partial charge in [0.1, 0.15) is 0 Å². The highest BCUT2D eigenvalue weighted by Crippen LogP contribution is 2.20. The first-order valence-corrected chi connectivity index (χ1v) is 10.1. The number of hydrogen-bond acceptors (Lipinski definition) is 4. The summed E-state index contributed by atoms with van der Waals surface area (Å²) in [5.41, 5.74) is 0. The fraction of sp³-hybridized carbons (Fsp3) is 0.684. The Bertz CT molecular complexity index is 563. The second-order valence-corrected chi connectivity index (χ2v) is 8.64. The number of carbonyl (C=O) groups is 2. The van der Waals surface area contributed by atoms with Crippen molar-refractivity contribution in [3.8, 4) is 0 Å². The van der Waals surface area contributed by atoms with E-state index in [2.05, 4.69) is 29.4 Å². The molecule has 5 nitrogen and oxygen atoms in total. The highest BCUT2D eigenvalue weighted by Gasteiger charge is 2.20. The Morgan fingerprint density at radius 3 is 2.52 bits per heavy atom. The van der Waals surface area contributed by atoms with E-state index >= 15 is 0 Å². The maximum atomic E-state index is 11.9. The van der Waals surface area contributed by atoms with Gasteiger partial charge in [-0.3, -0.25) is 9.59 Å². The number of carbonyl (C=O) groups excluding carboxylic acids is 2. The number of hydrogen-bond donors (Lipinski definition) is 2. The van der Waals surface area contributed by atoms with Gasteiger partial charge in [-0.15, -0.1) is 11.3 Å². The predicted octanol–water partition coefficient (Wildman–Crippen LogP) is 2.66. The fourth-order valence-corrected chi connectivity index (χ4v) is 4.31. The van der Waals surface area contributed by atoms with Crippen molar-refractivity contribution in [1.29, 1.82) is 0 Å². The van der Waals surface area contributed by atoms with Gasteiger partial charge >= 0.3 is 0 Å². The highest BCUT2D eigenvalue weighted by atomic mass is 32.1. The fourth-order valence-electron chi connectivity index (χ4n) is 3.53. The van der Waals surface area contributed by atoms with Crippen LogP contribution in [0.15, 0.2) is 12.1 Å². The van der Waals surface area contributed by atoms with E-state index in [0.29, 0.717) is 11.4 Å². The van der Waals surface area contributed by atoms with Gasteiger partial charge in [-0.25, -0.2) is 0 Å². The van der Waals surface area contributed by atoms with E-state index in [1.807, 2.05) is 13.0 Å². The summed E-state index contributed by atoms with van der Waals surface area (Å²) in [4.78, 5) is 28.0. The molecule has 0 radical (unpaired) electrons. The lowest BCUT2D eigenvalue weighted by molar-refractivity contribution is -0.120. The minimum atomic E-state index is -0.179. The molecule has 0 saturated carbocycles. The van der Waals surface area contributed by atoms with Gasteiger partial charge in [0.15, 0.2) is 0 Å². The second-order valence-electron chi connectivity index (χ2n) is 7.36. The van der Waals surface area contributed by atoms with Crippen LogP contribution >= 0.6 is 11.3 Å². The molecule has 6 heteroatoms. The summed E-state index contributed by atoms with van der Waals surface area (Å²) in [5.74, 6) is 1.28. The molecule has 2 amide bonds. The summed E-state index contributed by atoms with van der Waals surface area (Å²) in [6.07, 6.45) is 3.41. The van der Waals surface area contributed by atoms with Crippen LogP contribution in [-0.2, 0) is 4.79 Å². The Kier molecular flexibility index (Phi) is 7.90. The van der Waals surface area contributed by atoms with E-state index in [4.69, 9.17) is 0 Å². The normalized spacial score (nSPS) is 21.1. The van der Waals surface area contributed by atoms with E-state index in [9.17, 15) is 9.59 Å². The average molecular weight is 366 g/mol. The third-order valence-electron chi connectivity index (χ3n) is 4.54. The smallest absolute Gasteiger partial charge is 0.261 e. The van der Waals surface area contributed by atoms with Crippen LogP contribution in [0.5, 0.6) is 0 Å². The Hall–Kier alpha value is -1.40. The molecule has 2 rings (SSSR count). The molecule has 2 N–H and O–H groups in total. The monoisotopic (exact) mass is 365 g/mol. The summed E-state index contributed by atoms with van der Waals surface area (Å²) >= 11 is 1.44. The van der Waals surface area contributed by atoms with Gasteiger partial charge in [0.05, 0.1) is 11.4 Å². The molecule has 140 valence electrons. The number of nitrogens with zero attached hydrogens (tertiary/aromatic N) is 1. The molecule has 1 saturated heterocycles. The molecular weight excluding hydrogens is 334 g/mol. The summed E-state index contributed by atoms with van der Waals surface area (Å²) < 4.78 is 0. The molecule has 1 aliphatic heterocycles. The zero-order valence-electron chi connectivity index (χ0n) is 15.6. The lowest BCUT2D eigenvalue weighted by Gasteiger charge is -2.34. The number of aryl methyl sites for hydroxylation is 1. The molecule has 0 bridgehead atoms. The van der Waals surface area contributed by atoms with Crippen LogP contribution < -0.4 is 10.6 Å². The largest absolute Gasteiger partial charge is 0.355 e. The van der Waals surface area contributed by atoms with Crippen LogP contribution in [-0.4, -0.2) is 49.4 Å². The van der Waals surface area contributed by atoms with Crippen molar-refractivity contribution in [3.05, 3.63) is 21.9 Å². The number of thiophene rings is 1. The van der Waals surface area contributed by atoms with Gasteiger partial charge in [-0.05, 0) is 56.7 Å². The standard InChI is InChI=1S/C19H31N3O2S/c1-14-10-15(2)13-22(12-14)9-5-4-8-20-18(23)11-21-19(24)17-7-6-16(3)25-17/h6-7,14-15H,4-5,8-13H2,1-3H3,(H,20,23)(H,21,24). The molecule has 2 heterocycles. The van der Waals surface area contributed by atoms with Crippen LogP contribution in [0.3, 0.4) is 0 Å². The van der Waals surface area contributed by atoms with Crippen LogP contribution in [0.25, 0.3) is 0 Å². The first-order chi connectivity index (χ1) is 11.9. The van der Waals surface area contributed by atoms with Crippen LogP contribution in [0.1, 0.15) is 47.7 Å². The molecule has 1 fully saturated rings. The summed E-state index contributed by atoms with van der Waals surface area (Å²) in [5, 5.41) is 5.55. The lowest BCUT2D eigenvalue weighted by atomic mass is 9.92. The molecule has 0 aromatic carbocycles. The SMILES string of the molecule is Cc1ccc(C(=O)NCC(=O)NCCCCN2CC(C)CC(C)C2)s1. The Morgan fingerprint density at radius 2 is 1.88 bits per heavy atom. The highest BCUT2D eigenvalue weighted by molar-refractivity contribution is 7.13. The van der Waals surface area contributed by atoms with Gasteiger partial charge in [-0.2, -0.15) is 0 Å². The second kappa shape index (κ2) is 9.92. The maximum absolute atomic E-state index is 11.9. The minimum absolute atomic E-state index is 0.0386. The molecule has 0 spiro atoms. The van der Waals surface area contributed by atoms with Crippen molar-refractivity contribution in [1.82, 2.24) is 15.5 Å². The van der Waals surface area contributed by atoms with Crippen molar-refractivity contribution in [2.75, 3.05) is 32.7 Å². The number of amides is 2. The van der Waals surface area contributed by atoms with E-state index in [-0.39, 0.29) is 18.4 Å². The van der Waals surface area contributed by atoms with Crippen molar-refractivity contribution in [2.24, 2.45) is 11.8 Å². The number of nitrogens with one attached hydrogen (secondary N) is 2. The lowest BCUT2D eigenvalue weighted by Crippen LogP contribution is -2.39. The van der Waals surface area contributed by atoms with Crippen LogP contribution in [0, 0.1) is 18.8 Å². The van der Waals surface area contributed by atoms with Gasteiger partial charge in [0.2, 0.25) is 5.91 Å². The van der Waals surface area contributed by atoms with E-state index in [1.165, 1.54) is 30.8 Å². The molecule has 25 heavy (non-hydrogen) atoms. The van der Waals surface area contributed by atoms with Crippen molar-refractivity contribution < 1.29 is 9.59 Å². The summed E-state index contributed by atoms with van der Waals surface area (Å²) in [7, 11) is 0. The summed E-state index contributed by atoms with van der Waals surface area (Å²) in [6.45, 7) is 10.8. The predicted molar refractivity (Wildman–Crippen MR) is 103 cm³/mol. The van der Waals surface area contributed by atoms with E-state index in [0.717, 1.165) is 36.1 Å². The third kappa shape index (κ3) is 7.16. The number of piperidine rings is 1. The third-order valence-corrected chi connectivity index (χ3v) is 5.54. The van der Waals surface area contributed by atoms with Crippen molar-refractivity contribution in [2.45, 2.75) is 40.0 Å². The summed E-state index contributed by atoms with van der Waals surface area (Å²) in [6, 6.07) is 3.69. The van der Waals surface area contributed by atoms with Crippen LogP contribution in [0.4, 0.5) is 0 Å². The van der Waals surface area contributed by atoms with Gasteiger partial charge in [0.25, 0.3) is 5.91 Å². The van der Waals surface area contributed by atoms with Crippen molar-refractivity contribution in [3.63, 3.8) is 0 Å². The average Bonchev–Trinajstić information content (AvgIpc) is 2.98. The van der Waals surface area contributed by atoms with E-state index < -0.39 is 0 Å². The Labute approximate surface area is 155 Å². The van der Waals surface area contributed by atoms with E-state index in [1.54, 1.807) is 6.07 Å². The van der Waals surface area contributed by atoms with Gasteiger partial charge in [0, 0.05) is 24.5 Å². The molecule has 1 aromatic rings. The topological polar surface area (TPSA) is 61.4 Å². The molecule has 2 atom stereocenters. The van der Waals surface area contributed by atoms with Crippen molar-refractivity contribution >= 4 is 23.2 Å². The minimum Gasteiger partial charge on any atom is -0.355 e. The molecule has 1 aliphatic rings. The number of unbranched alkanes of at least 4 members (excludes halogenated alkanes) is 1. The molecule has 1 aromatic heterocycles. The zero-order chi connectivity index (χ0) is 18.2. The maximum Gasteiger partial charge on any atom is 0.261 e. The quantitative estimate of drug-likeness (QED) is 0.696. The molecular formula is C19H31N3O2S. The molecule has 2 unspecified atom stereocenters. The number of likely N-dealkylation sites (tertiary alicyclic amines) is 1. The van der Waals surface area contributed by atoms with Crippen LogP contribution in [0.2, 0.25) is 0 Å². The Balaban J connectivity index is 1.53. The van der Waals surface area contributed by atoms with Gasteiger partial charge < -0.3 is 15.5 Å². The molecule has 0 aliphatic carbocycles.